The van der Waals surface area contributed by atoms with Crippen molar-refractivity contribution in [1.29, 1.82) is 0 Å². The van der Waals surface area contributed by atoms with Crippen LogP contribution in [0.15, 0.2) is 30.3 Å². The maximum absolute atomic E-state index is 11.0. The van der Waals surface area contributed by atoms with Crippen LogP contribution in [0, 0.1) is 13.8 Å². The Kier molecular flexibility index (Phi) is 3.36. The van der Waals surface area contributed by atoms with E-state index in [1.54, 1.807) is 0 Å². The molecule has 0 saturated carbocycles. The lowest BCUT2D eigenvalue weighted by atomic mass is 9.88. The Balaban J connectivity index is 2.11. The molecule has 0 spiro atoms. The van der Waals surface area contributed by atoms with Crippen LogP contribution in [0.5, 0.6) is 0 Å². The number of para-hydroxylation sites is 1. The van der Waals surface area contributed by atoms with Gasteiger partial charge in [0.2, 0.25) is 0 Å². The largest absolute Gasteiger partial charge is 0.383 e. The molecule has 0 atom stereocenters. The highest BCUT2D eigenvalue weighted by molar-refractivity contribution is 5.42. The lowest BCUT2D eigenvalue weighted by Gasteiger charge is -2.33. The summed E-state index contributed by atoms with van der Waals surface area (Å²) in [4.78, 5) is 0. The predicted octanol–water partition coefficient (Wildman–Crippen LogP) is 2.06. The number of hydrogen-bond acceptors (Lipinski definition) is 3. The molecule has 1 saturated heterocycles. The number of nitrogens with zero attached hydrogens (tertiary/aromatic N) is 2. The summed E-state index contributed by atoms with van der Waals surface area (Å²) < 4.78 is 1.91. The van der Waals surface area contributed by atoms with Gasteiger partial charge in [0.15, 0.2) is 0 Å². The molecule has 4 heteroatoms. The first-order valence-corrected chi connectivity index (χ1v) is 7.16. The van der Waals surface area contributed by atoms with Gasteiger partial charge in [0.1, 0.15) is 5.60 Å². The molecule has 1 aliphatic heterocycles. The van der Waals surface area contributed by atoms with Gasteiger partial charge in [-0.3, -0.25) is 0 Å². The third kappa shape index (κ3) is 2.25. The molecule has 2 N–H and O–H groups in total. The molecule has 1 aromatic carbocycles. The molecular weight excluding hydrogens is 250 g/mol. The first-order valence-electron chi connectivity index (χ1n) is 7.16. The molecule has 2 aromatic rings. The minimum atomic E-state index is -0.783. The zero-order valence-corrected chi connectivity index (χ0v) is 12.1. The molecule has 106 valence electrons. The quantitative estimate of drug-likeness (QED) is 0.879. The Bertz CT molecular complexity index is 612. The molecule has 0 amide bonds. The highest BCUT2D eigenvalue weighted by atomic mass is 16.3. The molecule has 1 fully saturated rings. The van der Waals surface area contributed by atoms with Crippen molar-refractivity contribution < 1.29 is 5.11 Å². The van der Waals surface area contributed by atoms with Crippen molar-refractivity contribution in [2.24, 2.45) is 0 Å². The summed E-state index contributed by atoms with van der Waals surface area (Å²) in [6.45, 7) is 5.73. The first-order chi connectivity index (χ1) is 9.60. The highest BCUT2D eigenvalue weighted by Gasteiger charge is 2.35. The molecule has 0 unspecified atom stereocenters. The van der Waals surface area contributed by atoms with Crippen molar-refractivity contribution in [2.45, 2.75) is 32.3 Å². The van der Waals surface area contributed by atoms with E-state index in [1.807, 2.05) is 29.8 Å². The second-order valence-electron chi connectivity index (χ2n) is 5.65. The summed E-state index contributed by atoms with van der Waals surface area (Å²) in [7, 11) is 0. The van der Waals surface area contributed by atoms with Crippen LogP contribution in [-0.2, 0) is 5.60 Å². The van der Waals surface area contributed by atoms with E-state index in [2.05, 4.69) is 29.5 Å². The molecule has 1 aromatic heterocycles. The fourth-order valence-electron chi connectivity index (χ4n) is 2.91. The standard InChI is InChI=1S/C16H21N3O/c1-12-5-3-4-6-14(12)19-15(11-13(2)18-19)16(20)7-9-17-10-8-16/h3-6,11,17,20H,7-10H2,1-2H3. The zero-order valence-electron chi connectivity index (χ0n) is 12.1. The summed E-state index contributed by atoms with van der Waals surface area (Å²) in [6, 6.07) is 10.2. The van der Waals surface area contributed by atoms with Crippen molar-refractivity contribution >= 4 is 0 Å². The van der Waals surface area contributed by atoms with Gasteiger partial charge in [0.25, 0.3) is 0 Å². The lowest BCUT2D eigenvalue weighted by molar-refractivity contribution is -0.000293. The average Bonchev–Trinajstić information content (AvgIpc) is 2.83. The monoisotopic (exact) mass is 271 g/mol. The number of benzene rings is 1. The number of aryl methyl sites for hydroxylation is 2. The van der Waals surface area contributed by atoms with Crippen LogP contribution in [0.25, 0.3) is 5.69 Å². The normalized spacial score (nSPS) is 18.1. The number of hydrogen-bond donors (Lipinski definition) is 2. The molecule has 0 radical (unpaired) electrons. The van der Waals surface area contributed by atoms with Crippen molar-refractivity contribution in [3.05, 3.63) is 47.3 Å². The number of aromatic nitrogens is 2. The van der Waals surface area contributed by atoms with Gasteiger partial charge in [0, 0.05) is 0 Å². The van der Waals surface area contributed by atoms with Gasteiger partial charge in [-0.05, 0) is 57.5 Å². The second kappa shape index (κ2) is 5.04. The van der Waals surface area contributed by atoms with Gasteiger partial charge in [-0.15, -0.1) is 0 Å². The highest BCUT2D eigenvalue weighted by Crippen LogP contribution is 2.32. The maximum atomic E-state index is 11.0. The molecule has 20 heavy (non-hydrogen) atoms. The Morgan fingerprint density at radius 3 is 2.60 bits per heavy atom. The number of nitrogens with one attached hydrogen (secondary N) is 1. The lowest BCUT2D eigenvalue weighted by Crippen LogP contribution is -2.41. The summed E-state index contributed by atoms with van der Waals surface area (Å²) in [5.41, 5.74) is 3.27. The average molecular weight is 271 g/mol. The van der Waals surface area contributed by atoms with E-state index in [-0.39, 0.29) is 0 Å². The van der Waals surface area contributed by atoms with E-state index in [0.29, 0.717) is 0 Å². The topological polar surface area (TPSA) is 50.1 Å². The van der Waals surface area contributed by atoms with Crippen LogP contribution in [0.1, 0.15) is 29.8 Å². The fourth-order valence-corrected chi connectivity index (χ4v) is 2.91. The van der Waals surface area contributed by atoms with Crippen LogP contribution in [0.4, 0.5) is 0 Å². The van der Waals surface area contributed by atoms with Gasteiger partial charge < -0.3 is 10.4 Å². The van der Waals surface area contributed by atoms with Gasteiger partial charge in [-0.25, -0.2) is 4.68 Å². The van der Waals surface area contributed by atoms with Crippen molar-refractivity contribution in [3.63, 3.8) is 0 Å². The predicted molar refractivity (Wildman–Crippen MR) is 79.0 cm³/mol. The van der Waals surface area contributed by atoms with Gasteiger partial charge in [-0.1, -0.05) is 18.2 Å². The minimum Gasteiger partial charge on any atom is -0.383 e. The zero-order chi connectivity index (χ0) is 14.2. The molecule has 2 heterocycles. The van der Waals surface area contributed by atoms with Crippen molar-refractivity contribution in [3.8, 4) is 5.69 Å². The summed E-state index contributed by atoms with van der Waals surface area (Å²) in [5.74, 6) is 0. The van der Waals surface area contributed by atoms with E-state index in [0.717, 1.165) is 48.6 Å². The summed E-state index contributed by atoms with van der Waals surface area (Å²) in [5, 5.41) is 18.9. The summed E-state index contributed by atoms with van der Waals surface area (Å²) in [6.07, 6.45) is 1.45. The minimum absolute atomic E-state index is 0.726. The van der Waals surface area contributed by atoms with E-state index in [9.17, 15) is 5.11 Å². The van der Waals surface area contributed by atoms with Crippen LogP contribution in [0.3, 0.4) is 0 Å². The van der Waals surface area contributed by atoms with Gasteiger partial charge >= 0.3 is 0 Å². The Morgan fingerprint density at radius 1 is 1.20 bits per heavy atom. The van der Waals surface area contributed by atoms with Crippen LogP contribution in [0.2, 0.25) is 0 Å². The Hall–Kier alpha value is -1.65. The van der Waals surface area contributed by atoms with E-state index >= 15 is 0 Å². The smallest absolute Gasteiger partial charge is 0.109 e. The fraction of sp³-hybridized carbons (Fsp3) is 0.438. The maximum Gasteiger partial charge on any atom is 0.109 e. The Labute approximate surface area is 119 Å². The first kappa shape index (κ1) is 13.3. The number of piperidine rings is 1. The van der Waals surface area contributed by atoms with Gasteiger partial charge in [0.05, 0.1) is 17.1 Å². The Morgan fingerprint density at radius 2 is 1.90 bits per heavy atom. The molecule has 4 nitrogen and oxygen atoms in total. The van der Waals surface area contributed by atoms with Crippen LogP contribution < -0.4 is 5.32 Å². The van der Waals surface area contributed by atoms with E-state index in [1.165, 1.54) is 0 Å². The van der Waals surface area contributed by atoms with Crippen molar-refractivity contribution in [2.75, 3.05) is 13.1 Å². The SMILES string of the molecule is Cc1cc(C2(O)CCNCC2)n(-c2ccccc2C)n1. The molecule has 3 rings (SSSR count). The van der Waals surface area contributed by atoms with E-state index in [4.69, 9.17) is 0 Å². The summed E-state index contributed by atoms with van der Waals surface area (Å²) >= 11 is 0. The third-order valence-corrected chi connectivity index (χ3v) is 4.08. The molecule has 0 bridgehead atoms. The van der Waals surface area contributed by atoms with E-state index < -0.39 is 5.60 Å². The number of rotatable bonds is 2. The molecular formula is C16H21N3O. The number of aliphatic hydroxyl groups is 1. The van der Waals surface area contributed by atoms with Gasteiger partial charge in [-0.2, -0.15) is 5.10 Å². The second-order valence-corrected chi connectivity index (χ2v) is 5.65. The molecule has 1 aliphatic rings. The van der Waals surface area contributed by atoms with Crippen LogP contribution in [-0.4, -0.2) is 28.0 Å². The van der Waals surface area contributed by atoms with Crippen LogP contribution >= 0.6 is 0 Å². The third-order valence-electron chi connectivity index (χ3n) is 4.08. The molecule has 0 aliphatic carbocycles. The van der Waals surface area contributed by atoms with Crippen molar-refractivity contribution in [1.82, 2.24) is 15.1 Å².